The van der Waals surface area contributed by atoms with Crippen LogP contribution in [0.5, 0.6) is 0 Å². The Morgan fingerprint density at radius 2 is 1.41 bits per heavy atom. The molecule has 2 heterocycles. The van der Waals surface area contributed by atoms with E-state index < -0.39 is 0 Å². The minimum Gasteiger partial charge on any atom is -0.384 e. The van der Waals surface area contributed by atoms with Gasteiger partial charge in [-0.2, -0.15) is 0 Å². The maximum atomic E-state index is 5.09. The molecule has 27 heavy (non-hydrogen) atoms. The predicted molar refractivity (Wildman–Crippen MR) is 106 cm³/mol. The van der Waals surface area contributed by atoms with Crippen molar-refractivity contribution < 1.29 is 4.74 Å². The number of ether oxygens (including phenoxy) is 1. The summed E-state index contributed by atoms with van der Waals surface area (Å²) in [5.41, 5.74) is 4.93. The van der Waals surface area contributed by atoms with Crippen LogP contribution in [0.3, 0.4) is 0 Å². The van der Waals surface area contributed by atoms with Crippen molar-refractivity contribution in [1.82, 2.24) is 19.9 Å². The summed E-state index contributed by atoms with van der Waals surface area (Å²) in [6.07, 6.45) is 8.26. The molecule has 0 aliphatic rings. The molecule has 140 valence electrons. The molecule has 0 atom stereocenters. The van der Waals surface area contributed by atoms with Crippen LogP contribution in [0.15, 0.2) is 61.2 Å². The maximum Gasteiger partial charge on any atom is 0.130 e. The third-order valence-electron chi connectivity index (χ3n) is 4.38. The van der Waals surface area contributed by atoms with Gasteiger partial charge >= 0.3 is 0 Å². The lowest BCUT2D eigenvalue weighted by atomic mass is 10.1. The highest BCUT2D eigenvalue weighted by Gasteiger charge is 2.10. The van der Waals surface area contributed by atoms with E-state index in [0.29, 0.717) is 6.61 Å². The smallest absolute Gasteiger partial charge is 0.130 e. The lowest BCUT2D eigenvalue weighted by Gasteiger charge is -2.22. The Morgan fingerprint density at radius 1 is 0.815 bits per heavy atom. The second-order valence-corrected chi connectivity index (χ2v) is 6.74. The van der Waals surface area contributed by atoms with E-state index in [2.05, 4.69) is 63.2 Å². The van der Waals surface area contributed by atoms with Crippen LogP contribution in [0, 0.1) is 6.92 Å². The zero-order valence-corrected chi connectivity index (χ0v) is 16.0. The first-order valence-electron chi connectivity index (χ1n) is 9.18. The van der Waals surface area contributed by atoms with Gasteiger partial charge in [0.1, 0.15) is 5.82 Å². The number of aromatic nitrogens is 3. The van der Waals surface area contributed by atoms with Crippen LogP contribution >= 0.6 is 0 Å². The Balaban J connectivity index is 1.71. The van der Waals surface area contributed by atoms with E-state index in [1.807, 2.05) is 24.8 Å². The molecule has 2 aromatic heterocycles. The summed E-state index contributed by atoms with van der Waals surface area (Å²) >= 11 is 0. The van der Waals surface area contributed by atoms with E-state index in [1.165, 1.54) is 16.7 Å². The number of methoxy groups -OCH3 is 1. The van der Waals surface area contributed by atoms with Crippen molar-refractivity contribution >= 4 is 0 Å². The van der Waals surface area contributed by atoms with Gasteiger partial charge in [0, 0.05) is 63.5 Å². The fraction of sp³-hybridized carbons (Fsp3) is 0.318. The molecule has 0 aliphatic heterocycles. The van der Waals surface area contributed by atoms with E-state index in [-0.39, 0.29) is 0 Å². The van der Waals surface area contributed by atoms with Crippen LogP contribution in [-0.2, 0) is 30.8 Å². The summed E-state index contributed by atoms with van der Waals surface area (Å²) in [7, 11) is 1.69. The molecule has 0 saturated heterocycles. The number of benzene rings is 1. The van der Waals surface area contributed by atoms with Crippen molar-refractivity contribution in [3.63, 3.8) is 0 Å². The molecular formula is C22H26N4O. The average molecular weight is 362 g/mol. The number of hydrogen-bond donors (Lipinski definition) is 0. The maximum absolute atomic E-state index is 5.09. The van der Waals surface area contributed by atoms with Crippen molar-refractivity contribution in [3.8, 4) is 0 Å². The van der Waals surface area contributed by atoms with Crippen molar-refractivity contribution in [1.29, 1.82) is 0 Å². The molecule has 0 spiro atoms. The van der Waals surface area contributed by atoms with E-state index >= 15 is 0 Å². The molecule has 5 nitrogen and oxygen atoms in total. The molecule has 0 radical (unpaired) electrons. The zero-order valence-electron chi connectivity index (χ0n) is 16.0. The number of aryl methyl sites for hydroxylation is 1. The van der Waals surface area contributed by atoms with Crippen LogP contribution in [0.2, 0.25) is 0 Å². The van der Waals surface area contributed by atoms with Gasteiger partial charge in [0.25, 0.3) is 0 Å². The minimum absolute atomic E-state index is 0.640. The molecule has 5 heteroatoms. The lowest BCUT2D eigenvalue weighted by molar-refractivity contribution is 0.200. The summed E-state index contributed by atoms with van der Waals surface area (Å²) in [6.45, 7) is 5.26. The Bertz CT molecular complexity index is 804. The Hall–Kier alpha value is -2.63. The first-order chi connectivity index (χ1) is 13.2. The molecule has 0 amide bonds. The van der Waals surface area contributed by atoms with E-state index in [9.17, 15) is 0 Å². The molecule has 0 bridgehead atoms. The van der Waals surface area contributed by atoms with Crippen LogP contribution in [0.4, 0.5) is 0 Å². The number of nitrogens with zero attached hydrogens (tertiary/aromatic N) is 4. The number of pyridine rings is 1. The van der Waals surface area contributed by atoms with Crippen molar-refractivity contribution in [3.05, 3.63) is 89.3 Å². The largest absolute Gasteiger partial charge is 0.384 e. The van der Waals surface area contributed by atoms with E-state index in [0.717, 1.165) is 37.4 Å². The fourth-order valence-corrected chi connectivity index (χ4v) is 2.91. The summed E-state index contributed by atoms with van der Waals surface area (Å²) in [5.74, 6) is 0.819. The highest BCUT2D eigenvalue weighted by molar-refractivity contribution is 5.21. The summed E-state index contributed by atoms with van der Waals surface area (Å²) < 4.78 is 5.09. The molecular weight excluding hydrogens is 336 g/mol. The van der Waals surface area contributed by atoms with Gasteiger partial charge in [0.15, 0.2) is 0 Å². The molecule has 0 unspecified atom stereocenters. The van der Waals surface area contributed by atoms with Gasteiger partial charge in [-0.1, -0.05) is 29.8 Å². The SMILES string of the molecule is COCCc1ncc(CN(Cc2ccncc2)Cc2ccc(C)cc2)cn1. The third kappa shape index (κ3) is 6.24. The second-order valence-electron chi connectivity index (χ2n) is 6.74. The minimum atomic E-state index is 0.640. The van der Waals surface area contributed by atoms with Gasteiger partial charge in [0.05, 0.1) is 6.61 Å². The van der Waals surface area contributed by atoms with Gasteiger partial charge in [-0.25, -0.2) is 9.97 Å². The topological polar surface area (TPSA) is 51.1 Å². The quantitative estimate of drug-likeness (QED) is 0.582. The highest BCUT2D eigenvalue weighted by Crippen LogP contribution is 2.14. The van der Waals surface area contributed by atoms with Gasteiger partial charge < -0.3 is 4.74 Å². The monoisotopic (exact) mass is 362 g/mol. The van der Waals surface area contributed by atoms with Gasteiger partial charge in [0.2, 0.25) is 0 Å². The highest BCUT2D eigenvalue weighted by atomic mass is 16.5. The van der Waals surface area contributed by atoms with Gasteiger partial charge in [-0.3, -0.25) is 9.88 Å². The number of rotatable bonds is 9. The first-order valence-corrected chi connectivity index (χ1v) is 9.18. The first kappa shape index (κ1) is 19.1. The standard InChI is InChI=1S/C22H26N4O/c1-18-3-5-19(6-4-18)15-26(16-20-7-10-23-11-8-20)17-21-13-24-22(25-14-21)9-12-27-2/h3-8,10-11,13-14H,9,12,15-17H2,1-2H3. The van der Waals surface area contributed by atoms with E-state index in [1.54, 1.807) is 7.11 Å². The molecule has 0 N–H and O–H groups in total. The van der Waals surface area contributed by atoms with Crippen LogP contribution in [0.25, 0.3) is 0 Å². The molecule has 0 aliphatic carbocycles. The molecule has 0 saturated carbocycles. The normalized spacial score (nSPS) is 11.1. The van der Waals surface area contributed by atoms with Crippen LogP contribution in [0.1, 0.15) is 28.1 Å². The Kier molecular flexibility index (Phi) is 7.02. The fourth-order valence-electron chi connectivity index (χ4n) is 2.91. The molecule has 3 aromatic rings. The summed E-state index contributed by atoms with van der Waals surface area (Å²) in [6, 6.07) is 12.8. The second kappa shape index (κ2) is 9.90. The van der Waals surface area contributed by atoms with Gasteiger partial charge in [-0.05, 0) is 30.2 Å². The molecule has 0 fully saturated rings. The molecule has 1 aromatic carbocycles. The summed E-state index contributed by atoms with van der Waals surface area (Å²) in [5, 5.41) is 0. The van der Waals surface area contributed by atoms with E-state index in [4.69, 9.17) is 4.74 Å². The lowest BCUT2D eigenvalue weighted by Crippen LogP contribution is -2.22. The van der Waals surface area contributed by atoms with Crippen molar-refractivity contribution in [2.75, 3.05) is 13.7 Å². The predicted octanol–water partition coefficient (Wildman–Crippen LogP) is 3.57. The zero-order chi connectivity index (χ0) is 18.9. The average Bonchev–Trinajstić information content (AvgIpc) is 2.70. The Labute approximate surface area is 161 Å². The molecule has 3 rings (SSSR count). The van der Waals surface area contributed by atoms with Crippen LogP contribution < -0.4 is 0 Å². The third-order valence-corrected chi connectivity index (χ3v) is 4.38. The number of hydrogen-bond acceptors (Lipinski definition) is 5. The van der Waals surface area contributed by atoms with Crippen LogP contribution in [-0.4, -0.2) is 33.6 Å². The van der Waals surface area contributed by atoms with Crippen molar-refractivity contribution in [2.45, 2.75) is 33.0 Å². The Morgan fingerprint density at radius 3 is 2.04 bits per heavy atom. The summed E-state index contributed by atoms with van der Waals surface area (Å²) in [4.78, 5) is 15.4. The van der Waals surface area contributed by atoms with Crippen molar-refractivity contribution in [2.24, 2.45) is 0 Å². The van der Waals surface area contributed by atoms with Gasteiger partial charge in [-0.15, -0.1) is 0 Å².